The first-order valence-electron chi connectivity index (χ1n) is 11.3. The molecule has 9 heteroatoms. The number of piperazine rings is 1. The molecule has 1 saturated heterocycles. The van der Waals surface area contributed by atoms with Crippen molar-refractivity contribution in [3.63, 3.8) is 0 Å². The van der Waals surface area contributed by atoms with Crippen molar-refractivity contribution in [1.29, 1.82) is 0 Å². The smallest absolute Gasteiger partial charge is 0.375 e. The van der Waals surface area contributed by atoms with Gasteiger partial charge in [-0.1, -0.05) is 53.7 Å². The molecule has 0 aromatic heterocycles. The summed E-state index contributed by atoms with van der Waals surface area (Å²) in [6.07, 6.45) is -0.755. The molecule has 1 atom stereocenters. The van der Waals surface area contributed by atoms with Gasteiger partial charge in [0.05, 0.1) is 4.90 Å². The first-order chi connectivity index (χ1) is 14.8. The van der Waals surface area contributed by atoms with Crippen LogP contribution in [0.1, 0.15) is 82.9 Å². The quantitative estimate of drug-likeness (QED) is 0.471. The zero-order valence-corrected chi connectivity index (χ0v) is 21.0. The number of sulfonamides is 1. The van der Waals surface area contributed by atoms with Crippen LogP contribution >= 0.6 is 0 Å². The van der Waals surface area contributed by atoms with Gasteiger partial charge in [-0.3, -0.25) is 0 Å². The molecule has 1 aromatic rings. The second kappa shape index (κ2) is 10.8. The number of hydrogen-bond donors (Lipinski definition) is 2. The monoisotopic (exact) mass is 467 g/mol. The predicted molar refractivity (Wildman–Crippen MR) is 124 cm³/mol. The van der Waals surface area contributed by atoms with Gasteiger partial charge in [-0.05, 0) is 41.4 Å². The summed E-state index contributed by atoms with van der Waals surface area (Å²) in [5.41, 5.74) is 2.50. The van der Waals surface area contributed by atoms with Crippen molar-refractivity contribution in [1.82, 2.24) is 14.9 Å². The molecule has 1 fully saturated rings. The largest absolute Gasteiger partial charge is 0.417 e. The minimum absolute atomic E-state index is 0.0330. The number of nitrogens with zero attached hydrogens (tertiary/aromatic N) is 1. The van der Waals surface area contributed by atoms with Gasteiger partial charge in [0, 0.05) is 26.2 Å². The second-order valence-electron chi connectivity index (χ2n) is 9.26. The molecule has 2 N–H and O–H groups in total. The van der Waals surface area contributed by atoms with Crippen LogP contribution in [0.4, 0.5) is 4.79 Å². The lowest BCUT2D eigenvalue weighted by Gasteiger charge is -2.27. The lowest BCUT2D eigenvalue weighted by molar-refractivity contribution is -0.139. The fourth-order valence-corrected chi connectivity index (χ4v) is 5.52. The number of nitrogens with one attached hydrogen (secondary N) is 2. The van der Waals surface area contributed by atoms with Crippen molar-refractivity contribution in [3.8, 4) is 0 Å². The first kappa shape index (κ1) is 26.3. The van der Waals surface area contributed by atoms with Crippen LogP contribution in [-0.4, -0.2) is 57.6 Å². The Morgan fingerprint density at radius 2 is 1.44 bits per heavy atom. The predicted octanol–water partition coefficient (Wildman–Crippen LogP) is 3.29. The summed E-state index contributed by atoms with van der Waals surface area (Å²) < 4.78 is 34.3. The summed E-state index contributed by atoms with van der Waals surface area (Å²) in [7, 11) is -4.04. The molecular formula is C23H37N3O5S. The molecule has 32 heavy (non-hydrogen) atoms. The third kappa shape index (κ3) is 6.30. The van der Waals surface area contributed by atoms with E-state index in [9.17, 15) is 18.0 Å². The maximum absolute atomic E-state index is 13.4. The van der Waals surface area contributed by atoms with Crippen LogP contribution in [0.25, 0.3) is 0 Å². The maximum Gasteiger partial charge on any atom is 0.417 e. The minimum Gasteiger partial charge on any atom is -0.375 e. The average Bonchev–Trinajstić information content (AvgIpc) is 2.72. The number of esters is 1. The van der Waals surface area contributed by atoms with E-state index in [1.807, 2.05) is 39.8 Å². The van der Waals surface area contributed by atoms with E-state index < -0.39 is 28.1 Å². The van der Waals surface area contributed by atoms with E-state index in [0.717, 1.165) is 5.56 Å². The molecular weight excluding hydrogens is 430 g/mol. The van der Waals surface area contributed by atoms with E-state index in [1.165, 1.54) is 11.8 Å². The fraction of sp³-hybridized carbons (Fsp3) is 0.652. The van der Waals surface area contributed by atoms with Crippen molar-refractivity contribution in [3.05, 3.63) is 28.8 Å². The lowest BCUT2D eigenvalue weighted by atomic mass is 9.89. The molecule has 0 saturated carbocycles. The molecule has 180 valence electrons. The number of benzene rings is 1. The lowest BCUT2D eigenvalue weighted by Crippen LogP contribution is -2.48. The minimum atomic E-state index is -4.04. The Balaban J connectivity index is 2.32. The molecule has 1 amide bonds. The Morgan fingerprint density at radius 3 is 1.88 bits per heavy atom. The van der Waals surface area contributed by atoms with Gasteiger partial charge in [0.1, 0.15) is 6.04 Å². The summed E-state index contributed by atoms with van der Waals surface area (Å²) >= 11 is 0. The number of carbonyl (C=O) groups excluding carboxylic acids is 2. The Morgan fingerprint density at radius 1 is 0.938 bits per heavy atom. The fourth-order valence-electron chi connectivity index (χ4n) is 3.63. The van der Waals surface area contributed by atoms with Gasteiger partial charge in [0.15, 0.2) is 0 Å². The summed E-state index contributed by atoms with van der Waals surface area (Å²) in [5, 5.41) is 3.11. The van der Waals surface area contributed by atoms with Gasteiger partial charge in [0.2, 0.25) is 10.0 Å². The standard InChI is InChI=1S/C23H37N3O5S/c1-14(2)18-12-19(15(3)4)21(20(13-18)16(5)6)32(29,30)25-17(7)22(27)31-23(28)26-10-8-24-9-11-26/h12-17,24-25H,8-11H2,1-7H3. The molecule has 1 aliphatic rings. The third-order valence-electron chi connectivity index (χ3n) is 5.60. The molecule has 0 radical (unpaired) electrons. The van der Waals surface area contributed by atoms with Crippen molar-refractivity contribution in [2.45, 2.75) is 77.2 Å². The molecule has 8 nitrogen and oxygen atoms in total. The van der Waals surface area contributed by atoms with Crippen LogP contribution in [0, 0.1) is 0 Å². The van der Waals surface area contributed by atoms with E-state index in [0.29, 0.717) is 37.3 Å². The zero-order valence-electron chi connectivity index (χ0n) is 20.2. The molecule has 1 heterocycles. The van der Waals surface area contributed by atoms with Crippen molar-refractivity contribution in [2.75, 3.05) is 26.2 Å². The highest BCUT2D eigenvalue weighted by Crippen LogP contribution is 2.35. The normalized spacial score (nSPS) is 16.0. The molecule has 1 aromatic carbocycles. The van der Waals surface area contributed by atoms with Crippen molar-refractivity contribution < 1.29 is 22.7 Å². The average molecular weight is 468 g/mol. The molecule has 2 rings (SSSR count). The van der Waals surface area contributed by atoms with Gasteiger partial charge < -0.3 is 15.0 Å². The molecule has 0 spiro atoms. The number of rotatable bonds is 7. The second-order valence-corrected chi connectivity index (χ2v) is 10.9. The number of amides is 1. The number of hydrogen-bond acceptors (Lipinski definition) is 6. The number of carbonyl (C=O) groups is 2. The van der Waals surface area contributed by atoms with Crippen LogP contribution < -0.4 is 10.0 Å². The molecule has 1 unspecified atom stereocenters. The topological polar surface area (TPSA) is 105 Å². The van der Waals surface area contributed by atoms with Crippen LogP contribution in [-0.2, 0) is 19.6 Å². The van der Waals surface area contributed by atoms with Crippen LogP contribution in [0.15, 0.2) is 17.0 Å². The summed E-state index contributed by atoms with van der Waals surface area (Å²) in [5.74, 6) is -0.739. The van der Waals surface area contributed by atoms with Gasteiger partial charge in [0.25, 0.3) is 0 Å². The van der Waals surface area contributed by atoms with Crippen LogP contribution in [0.3, 0.4) is 0 Å². The van der Waals surface area contributed by atoms with E-state index in [-0.39, 0.29) is 22.6 Å². The zero-order chi connectivity index (χ0) is 24.2. The summed E-state index contributed by atoms with van der Waals surface area (Å²) in [6, 6.07) is 2.66. The Hall–Kier alpha value is -1.97. The van der Waals surface area contributed by atoms with Gasteiger partial charge in [-0.2, -0.15) is 4.72 Å². The molecule has 0 aliphatic carbocycles. The summed E-state index contributed by atoms with van der Waals surface area (Å²) in [4.78, 5) is 26.3. The van der Waals surface area contributed by atoms with E-state index in [2.05, 4.69) is 23.9 Å². The van der Waals surface area contributed by atoms with E-state index in [4.69, 9.17) is 4.74 Å². The number of ether oxygens (including phenoxy) is 1. The highest BCUT2D eigenvalue weighted by atomic mass is 32.2. The van der Waals surface area contributed by atoms with E-state index in [1.54, 1.807) is 0 Å². The Kier molecular flexibility index (Phi) is 8.84. The Labute approximate surface area is 192 Å². The van der Waals surface area contributed by atoms with Gasteiger partial charge >= 0.3 is 12.1 Å². The summed E-state index contributed by atoms with van der Waals surface area (Å²) in [6.45, 7) is 15.4. The Bertz CT molecular complexity index is 906. The molecule has 1 aliphatic heterocycles. The van der Waals surface area contributed by atoms with Crippen molar-refractivity contribution in [2.24, 2.45) is 0 Å². The molecule has 0 bridgehead atoms. The van der Waals surface area contributed by atoms with Crippen LogP contribution in [0.2, 0.25) is 0 Å². The van der Waals surface area contributed by atoms with Gasteiger partial charge in [-0.25, -0.2) is 18.0 Å². The highest BCUT2D eigenvalue weighted by Gasteiger charge is 2.31. The maximum atomic E-state index is 13.4. The SMILES string of the molecule is CC(NS(=O)(=O)c1c(C(C)C)cc(C(C)C)cc1C(C)C)C(=O)OC(=O)N1CCNCC1. The first-order valence-corrected chi connectivity index (χ1v) is 12.7. The highest BCUT2D eigenvalue weighted by molar-refractivity contribution is 7.89. The third-order valence-corrected chi connectivity index (χ3v) is 7.27. The van der Waals surface area contributed by atoms with E-state index >= 15 is 0 Å². The van der Waals surface area contributed by atoms with Gasteiger partial charge in [-0.15, -0.1) is 0 Å². The van der Waals surface area contributed by atoms with Crippen molar-refractivity contribution >= 4 is 22.1 Å². The van der Waals surface area contributed by atoms with Crippen LogP contribution in [0.5, 0.6) is 0 Å².